The van der Waals surface area contributed by atoms with Crippen molar-refractivity contribution in [3.63, 3.8) is 0 Å². The van der Waals surface area contributed by atoms with Gasteiger partial charge in [0.15, 0.2) is 27.8 Å². The van der Waals surface area contributed by atoms with Crippen molar-refractivity contribution < 1.29 is 28.5 Å². The van der Waals surface area contributed by atoms with Gasteiger partial charge in [0.2, 0.25) is 0 Å². The van der Waals surface area contributed by atoms with Crippen LogP contribution in [0.4, 0.5) is 0 Å². The van der Waals surface area contributed by atoms with E-state index < -0.39 is 12.0 Å². The van der Waals surface area contributed by atoms with Crippen LogP contribution in [0.2, 0.25) is 0 Å². The van der Waals surface area contributed by atoms with Crippen molar-refractivity contribution in [3.05, 3.63) is 125 Å². The normalized spacial score (nSPS) is 14.2. The van der Waals surface area contributed by atoms with E-state index >= 15 is 0 Å². The average Bonchev–Trinajstić information content (AvgIpc) is 3.38. The number of methoxy groups -OCH3 is 1. The second-order valence-electron chi connectivity index (χ2n) is 11.7. The molecule has 5 rings (SSSR count). The Bertz CT molecular complexity index is 2100. The Morgan fingerprint density at radius 3 is 2.46 bits per heavy atom. The summed E-state index contributed by atoms with van der Waals surface area (Å²) in [5.41, 5.74) is 3.75. The van der Waals surface area contributed by atoms with Gasteiger partial charge in [-0.15, -0.1) is 6.58 Å². The van der Waals surface area contributed by atoms with Crippen molar-refractivity contribution >= 4 is 39.3 Å². The predicted molar refractivity (Wildman–Crippen MR) is 199 cm³/mol. The smallest absolute Gasteiger partial charge is 0.338 e. The van der Waals surface area contributed by atoms with E-state index in [1.807, 2.05) is 69.3 Å². The Balaban J connectivity index is 1.64. The van der Waals surface area contributed by atoms with Gasteiger partial charge in [-0.25, -0.2) is 9.79 Å². The van der Waals surface area contributed by atoms with Crippen molar-refractivity contribution in [1.29, 1.82) is 0 Å². The predicted octanol–water partition coefficient (Wildman–Crippen LogP) is 7.06. The summed E-state index contributed by atoms with van der Waals surface area (Å²) < 4.78 is 32.4. The van der Waals surface area contributed by atoms with Gasteiger partial charge >= 0.3 is 5.97 Å². The molecule has 9 nitrogen and oxygen atoms in total. The molecule has 0 bridgehead atoms. The maximum Gasteiger partial charge on any atom is 0.338 e. The maximum absolute atomic E-state index is 14.3. The van der Waals surface area contributed by atoms with Crippen LogP contribution in [-0.2, 0) is 22.6 Å². The Labute approximate surface area is 304 Å². The summed E-state index contributed by atoms with van der Waals surface area (Å²) in [6, 6.07) is 16.4. The molecule has 2 heterocycles. The van der Waals surface area contributed by atoms with Crippen LogP contribution < -0.4 is 33.8 Å². The molecule has 11 heteroatoms. The van der Waals surface area contributed by atoms with Crippen LogP contribution in [-0.4, -0.2) is 37.0 Å². The fraction of sp³-hybridized carbons (Fsp3) is 0.308. The van der Waals surface area contributed by atoms with E-state index in [1.165, 1.54) is 11.3 Å². The van der Waals surface area contributed by atoms with Crippen LogP contribution in [0, 0.1) is 0 Å². The lowest BCUT2D eigenvalue weighted by Crippen LogP contribution is -2.40. The zero-order chi connectivity index (χ0) is 35.9. The highest BCUT2D eigenvalue weighted by molar-refractivity contribution is 9.10. The van der Waals surface area contributed by atoms with Crippen molar-refractivity contribution in [2.75, 3.05) is 20.3 Å². The van der Waals surface area contributed by atoms with E-state index in [2.05, 4.69) is 22.5 Å². The highest BCUT2D eigenvalue weighted by Gasteiger charge is 2.34. The molecule has 0 radical (unpaired) electrons. The summed E-state index contributed by atoms with van der Waals surface area (Å²) in [5, 5.41) is 0. The number of aromatic nitrogens is 1. The Morgan fingerprint density at radius 1 is 1.04 bits per heavy atom. The zero-order valence-electron chi connectivity index (χ0n) is 29.1. The maximum atomic E-state index is 14.3. The second-order valence-corrected chi connectivity index (χ2v) is 13.7. The molecule has 0 aliphatic carbocycles. The number of thiazole rings is 1. The van der Waals surface area contributed by atoms with Crippen molar-refractivity contribution in [3.8, 4) is 23.0 Å². The van der Waals surface area contributed by atoms with Crippen LogP contribution in [0.5, 0.6) is 23.0 Å². The molecule has 262 valence electrons. The molecule has 3 aromatic carbocycles. The summed E-state index contributed by atoms with van der Waals surface area (Å²) in [6.07, 6.45) is 4.07. The van der Waals surface area contributed by atoms with Gasteiger partial charge < -0.3 is 23.7 Å². The lowest BCUT2D eigenvalue weighted by Gasteiger charge is -2.25. The molecule has 1 atom stereocenters. The summed E-state index contributed by atoms with van der Waals surface area (Å²) in [5.74, 6) is 1.70. The lowest BCUT2D eigenvalue weighted by molar-refractivity contribution is -0.139. The van der Waals surface area contributed by atoms with Crippen molar-refractivity contribution in [1.82, 2.24) is 4.57 Å². The van der Waals surface area contributed by atoms with Crippen LogP contribution in [0.3, 0.4) is 0 Å². The number of halogens is 1. The molecule has 0 fully saturated rings. The quantitative estimate of drug-likeness (QED) is 0.100. The molecule has 0 unspecified atom stereocenters. The molecule has 0 spiro atoms. The van der Waals surface area contributed by atoms with E-state index in [0.717, 1.165) is 21.2 Å². The molecule has 0 saturated heterocycles. The fourth-order valence-electron chi connectivity index (χ4n) is 5.70. The number of benzene rings is 3. The monoisotopic (exact) mass is 760 g/mol. The molecule has 0 saturated carbocycles. The first kappa shape index (κ1) is 36.7. The van der Waals surface area contributed by atoms with E-state index in [0.29, 0.717) is 63.2 Å². The van der Waals surface area contributed by atoms with Crippen molar-refractivity contribution in [2.24, 2.45) is 4.99 Å². The number of nitrogens with zero attached hydrogens (tertiary/aromatic N) is 2. The van der Waals surface area contributed by atoms with Crippen LogP contribution in [0.1, 0.15) is 62.9 Å². The number of hydrogen-bond acceptors (Lipinski definition) is 9. The molecular formula is C39H41BrN2O7S. The number of allylic oxidation sites excluding steroid dienone is 2. The van der Waals surface area contributed by atoms with Gasteiger partial charge in [-0.3, -0.25) is 9.36 Å². The summed E-state index contributed by atoms with van der Waals surface area (Å²) in [6.45, 7) is 14.2. The first-order chi connectivity index (χ1) is 24.1. The van der Waals surface area contributed by atoms with Gasteiger partial charge in [0.1, 0.15) is 6.61 Å². The minimum Gasteiger partial charge on any atom is -0.493 e. The molecule has 0 amide bonds. The molecular weight excluding hydrogens is 720 g/mol. The van der Waals surface area contributed by atoms with Gasteiger partial charge in [-0.1, -0.05) is 51.5 Å². The summed E-state index contributed by atoms with van der Waals surface area (Å²) in [7, 11) is 1.55. The van der Waals surface area contributed by atoms with Crippen LogP contribution in [0.15, 0.2) is 92.8 Å². The first-order valence-corrected chi connectivity index (χ1v) is 18.0. The van der Waals surface area contributed by atoms with Gasteiger partial charge in [-0.2, -0.15) is 0 Å². The summed E-state index contributed by atoms with van der Waals surface area (Å²) >= 11 is 4.73. The molecule has 1 aliphatic heterocycles. The number of ether oxygens (including phenoxy) is 5. The van der Waals surface area contributed by atoms with Gasteiger partial charge in [0.25, 0.3) is 5.56 Å². The minimum absolute atomic E-state index is 0.0768. The molecule has 1 aromatic heterocycles. The number of carbonyl (C=O) groups is 1. The number of hydrogen-bond donors (Lipinski definition) is 0. The minimum atomic E-state index is -0.806. The first-order valence-electron chi connectivity index (χ1n) is 16.4. The lowest BCUT2D eigenvalue weighted by atomic mass is 9.95. The topological polar surface area (TPSA) is 97.6 Å². The largest absolute Gasteiger partial charge is 0.493 e. The molecule has 4 aromatic rings. The van der Waals surface area contributed by atoms with E-state index in [1.54, 1.807) is 43.7 Å². The Hall–Kier alpha value is -4.61. The summed E-state index contributed by atoms with van der Waals surface area (Å²) in [4.78, 5) is 32.9. The van der Waals surface area contributed by atoms with E-state index in [4.69, 9.17) is 28.7 Å². The highest BCUT2D eigenvalue weighted by Crippen LogP contribution is 2.37. The van der Waals surface area contributed by atoms with Crippen LogP contribution in [0.25, 0.3) is 6.08 Å². The highest BCUT2D eigenvalue weighted by atomic mass is 79.9. The molecule has 50 heavy (non-hydrogen) atoms. The third-order valence-corrected chi connectivity index (χ3v) is 9.31. The van der Waals surface area contributed by atoms with E-state index in [-0.39, 0.29) is 23.8 Å². The standard InChI is InChI=1S/C39H41BrN2O7S/c1-8-11-28-18-26(19-32(46-9-2)36(28)48-22-25-12-15-29(40)16-13-25)20-33-37(43)42-35(27-14-17-30(49-23(4)5)31(21-27)45-7)34(38(44)47-10-3)24(6)41-39(42)50-33/h8,12-21,23,35H,1,9-11,22H2,2-7H3/b33-20-/t35-/m0/s1. The van der Waals surface area contributed by atoms with Crippen molar-refractivity contribution in [2.45, 2.75) is 59.8 Å². The molecule has 1 aliphatic rings. The zero-order valence-corrected chi connectivity index (χ0v) is 31.5. The Morgan fingerprint density at radius 2 is 1.80 bits per heavy atom. The second kappa shape index (κ2) is 16.4. The van der Waals surface area contributed by atoms with E-state index in [9.17, 15) is 9.59 Å². The number of rotatable bonds is 14. The van der Waals surface area contributed by atoms with Gasteiger partial charge in [-0.05, 0) is 100 Å². The number of fused-ring (bicyclic) bond motifs is 1. The number of esters is 1. The SMILES string of the molecule is C=CCc1cc(/C=c2\sc3n(c2=O)[C@@H](c2ccc(OC(C)C)c(OC)c2)C(C(=O)OCC)=C(C)N=3)cc(OCC)c1OCc1ccc(Br)cc1. The van der Waals surface area contributed by atoms with Crippen LogP contribution >= 0.6 is 27.3 Å². The van der Waals surface area contributed by atoms with Gasteiger partial charge in [0, 0.05) is 10.0 Å². The average molecular weight is 762 g/mol. The Kier molecular flexibility index (Phi) is 12.0. The number of carbonyl (C=O) groups excluding carboxylic acids is 1. The third-order valence-electron chi connectivity index (χ3n) is 7.80. The fourth-order valence-corrected chi connectivity index (χ4v) is 7.01. The third kappa shape index (κ3) is 8.05. The molecule has 0 N–H and O–H groups in total. The van der Waals surface area contributed by atoms with Gasteiger partial charge in [0.05, 0.1) is 48.3 Å².